The first-order valence-corrected chi connectivity index (χ1v) is 18.3. The number of aliphatic hydroxyl groups excluding tert-OH is 2. The molecule has 0 saturated carbocycles. The number of rotatable bonds is 20. The van der Waals surface area contributed by atoms with E-state index in [1.807, 2.05) is 11.8 Å². The minimum absolute atomic E-state index is 0.0687. The third kappa shape index (κ3) is 12.2. The maximum atomic E-state index is 12.8. The number of fused-ring (bicyclic) bond motifs is 1. The number of carbonyl (C=O) groups is 4. The van der Waals surface area contributed by atoms with Gasteiger partial charge in [-0.1, -0.05) is 11.6 Å². The van der Waals surface area contributed by atoms with Gasteiger partial charge in [0.05, 0.1) is 44.3 Å². The maximum Gasteiger partial charge on any atom is 0.407 e. The molecule has 20 nitrogen and oxygen atoms in total. The summed E-state index contributed by atoms with van der Waals surface area (Å²) < 4.78 is 18.2. The molecule has 21 heteroatoms. The first-order chi connectivity index (χ1) is 24.9. The quantitative estimate of drug-likeness (QED) is 0.0396. The number of nitrogens with zero attached hydrogens (tertiary/aromatic N) is 4. The van der Waals surface area contributed by atoms with E-state index in [1.165, 1.54) is 6.92 Å². The van der Waals surface area contributed by atoms with Crippen molar-refractivity contribution in [3.63, 3.8) is 0 Å². The summed E-state index contributed by atoms with van der Waals surface area (Å²) in [6.45, 7) is 1.96. The fraction of sp³-hybridized carbons (Fsp3) is 0.710. The Kier molecular flexibility index (Phi) is 15.7. The second-order valence-electron chi connectivity index (χ2n) is 12.7. The van der Waals surface area contributed by atoms with Gasteiger partial charge in [0, 0.05) is 43.5 Å². The molecule has 1 aromatic rings. The van der Waals surface area contributed by atoms with E-state index in [9.17, 15) is 34.5 Å². The number of ether oxygens (including phenoxy) is 3. The van der Waals surface area contributed by atoms with Crippen LogP contribution in [-0.2, 0) is 41.7 Å². The first-order valence-electron chi connectivity index (χ1n) is 17.3. The van der Waals surface area contributed by atoms with Crippen LogP contribution in [0.25, 0.3) is 0 Å². The Morgan fingerprint density at radius 3 is 2.73 bits per heavy atom. The first kappa shape index (κ1) is 40.6. The Morgan fingerprint density at radius 2 is 2.00 bits per heavy atom. The fourth-order valence-electron chi connectivity index (χ4n) is 6.24. The minimum Gasteiger partial charge on any atom is -0.477 e. The molecule has 4 heterocycles. The summed E-state index contributed by atoms with van der Waals surface area (Å²) in [5.74, 6) is -2.03. The van der Waals surface area contributed by atoms with Crippen LogP contribution in [-0.4, -0.2) is 134 Å². The molecule has 3 aliphatic rings. The van der Waals surface area contributed by atoms with E-state index in [0.29, 0.717) is 49.3 Å². The van der Waals surface area contributed by atoms with Crippen molar-refractivity contribution in [1.29, 1.82) is 0 Å². The number of amides is 3. The summed E-state index contributed by atoms with van der Waals surface area (Å²) in [4.78, 5) is 52.8. The van der Waals surface area contributed by atoms with Crippen LogP contribution < -0.4 is 32.7 Å². The summed E-state index contributed by atoms with van der Waals surface area (Å²) in [6.07, 6.45) is 2.96. The van der Waals surface area contributed by atoms with E-state index in [-0.39, 0.29) is 12.5 Å². The largest absolute Gasteiger partial charge is 0.477 e. The van der Waals surface area contributed by atoms with Crippen LogP contribution in [0.2, 0.25) is 0 Å². The lowest BCUT2D eigenvalue weighted by Gasteiger charge is -2.39. The number of nitrogens with two attached hydrogens (primary N) is 2. The summed E-state index contributed by atoms with van der Waals surface area (Å²) in [5, 5.41) is 49.9. The molecule has 3 amide bonds. The van der Waals surface area contributed by atoms with Gasteiger partial charge in [-0.2, -0.15) is 11.8 Å². The normalized spacial score (nSPS) is 24.8. The molecule has 0 aromatic carbocycles. The molecule has 0 spiro atoms. The molecule has 11 N–H and O–H groups in total. The third-order valence-corrected chi connectivity index (χ3v) is 10.2. The van der Waals surface area contributed by atoms with Gasteiger partial charge < -0.3 is 56.9 Å². The van der Waals surface area contributed by atoms with Crippen molar-refractivity contribution in [1.82, 2.24) is 36.3 Å². The monoisotopic (exact) mass is 754 g/mol. The predicted octanol–water partition coefficient (Wildman–Crippen LogP) is -1.98. The van der Waals surface area contributed by atoms with Crippen molar-refractivity contribution in [3.8, 4) is 0 Å². The number of hydrogen-bond acceptors (Lipinski definition) is 14. The lowest BCUT2D eigenvalue weighted by Crippen LogP contribution is -2.61. The number of nitrogens with one attached hydrogen (secondary N) is 4. The number of aliphatic hydroxyl groups is 2. The Hall–Kier alpha value is -4.18. The van der Waals surface area contributed by atoms with E-state index in [0.717, 1.165) is 50.4 Å². The average Bonchev–Trinajstić information content (AvgIpc) is 3.85. The molecule has 3 aliphatic heterocycles. The number of carboxylic acids is 1. The zero-order chi connectivity index (χ0) is 37.6. The van der Waals surface area contributed by atoms with Crippen LogP contribution in [0.4, 0.5) is 4.79 Å². The van der Waals surface area contributed by atoms with Crippen LogP contribution in [0.5, 0.6) is 0 Å². The van der Waals surface area contributed by atoms with Crippen molar-refractivity contribution in [2.24, 2.45) is 16.5 Å². The molecular weight excluding hydrogens is 704 g/mol. The van der Waals surface area contributed by atoms with E-state index in [2.05, 4.69) is 36.6 Å². The van der Waals surface area contributed by atoms with Gasteiger partial charge in [-0.15, -0.1) is 5.10 Å². The Bertz CT molecular complexity index is 1430. The highest BCUT2D eigenvalue weighted by Gasteiger charge is 2.46. The van der Waals surface area contributed by atoms with Gasteiger partial charge in [0.15, 0.2) is 18.2 Å². The molecule has 52 heavy (non-hydrogen) atoms. The van der Waals surface area contributed by atoms with Crippen molar-refractivity contribution >= 4 is 41.6 Å². The Morgan fingerprint density at radius 1 is 1.19 bits per heavy atom. The Balaban J connectivity index is 1.16. The molecule has 2 fully saturated rings. The molecule has 290 valence electrons. The van der Waals surface area contributed by atoms with Crippen molar-refractivity contribution in [3.05, 3.63) is 23.7 Å². The van der Waals surface area contributed by atoms with Crippen LogP contribution in [0.15, 0.2) is 23.0 Å². The van der Waals surface area contributed by atoms with Gasteiger partial charge in [-0.3, -0.25) is 19.6 Å². The van der Waals surface area contributed by atoms with Gasteiger partial charge in [0.2, 0.25) is 17.6 Å². The second kappa shape index (κ2) is 20.2. The molecule has 0 aliphatic carbocycles. The van der Waals surface area contributed by atoms with Gasteiger partial charge in [0.1, 0.15) is 11.8 Å². The highest BCUT2D eigenvalue weighted by atomic mass is 32.2. The van der Waals surface area contributed by atoms with E-state index in [4.69, 9.17) is 25.7 Å². The average molecular weight is 755 g/mol. The lowest BCUT2D eigenvalue weighted by atomic mass is 9.92. The molecule has 8 atom stereocenters. The van der Waals surface area contributed by atoms with E-state index < -0.39 is 66.7 Å². The van der Waals surface area contributed by atoms with E-state index >= 15 is 0 Å². The SMILES string of the molecule is CC(=O)N[C@H]1[C@H]([C@H](OC(=O)NCc2cn(CCCCCNC(=O)CCCC[C@@H]3SCC4OCN[C@@H]43)nn2)[C@H](O)CO)OC(C(=O)O)=C[C@@H]1N=C(N)N. The minimum atomic E-state index is -1.76. The summed E-state index contributed by atoms with van der Waals surface area (Å²) >= 11 is 1.96. The zero-order valence-corrected chi connectivity index (χ0v) is 29.8. The van der Waals surface area contributed by atoms with Crippen LogP contribution in [0.1, 0.15) is 57.6 Å². The number of thioether (sulfide) groups is 1. The smallest absolute Gasteiger partial charge is 0.407 e. The van der Waals surface area contributed by atoms with Crippen molar-refractivity contribution < 1.29 is 48.7 Å². The molecule has 2 saturated heterocycles. The molecule has 1 unspecified atom stereocenters. The summed E-state index contributed by atoms with van der Waals surface area (Å²) in [5.41, 5.74) is 11.4. The number of unbranched alkanes of at least 4 members (excludes halogenated alkanes) is 3. The van der Waals surface area contributed by atoms with Gasteiger partial charge >= 0.3 is 12.1 Å². The zero-order valence-electron chi connectivity index (χ0n) is 29.0. The molecular formula is C31H50N10O10S. The van der Waals surface area contributed by atoms with Crippen LogP contribution in [0, 0.1) is 0 Å². The highest BCUT2D eigenvalue weighted by Crippen LogP contribution is 2.35. The van der Waals surface area contributed by atoms with Gasteiger partial charge in [-0.05, 0) is 38.2 Å². The van der Waals surface area contributed by atoms with Crippen LogP contribution >= 0.6 is 11.8 Å². The number of guanidine groups is 1. The van der Waals surface area contributed by atoms with Crippen molar-refractivity contribution in [2.75, 3.05) is 25.6 Å². The lowest BCUT2D eigenvalue weighted by molar-refractivity contribution is -0.146. The number of aryl methyl sites for hydroxylation is 1. The van der Waals surface area contributed by atoms with Crippen LogP contribution in [0.3, 0.4) is 0 Å². The predicted molar refractivity (Wildman–Crippen MR) is 186 cm³/mol. The number of carboxylic acid groups (broad SMARTS) is 1. The second-order valence-corrected chi connectivity index (χ2v) is 14.0. The van der Waals surface area contributed by atoms with Gasteiger partial charge in [0.25, 0.3) is 0 Å². The Labute approximate surface area is 304 Å². The molecule has 0 bridgehead atoms. The number of aliphatic imine (C=N–C) groups is 1. The number of aliphatic carboxylic acids is 1. The topological polar surface area (TPSA) is 300 Å². The van der Waals surface area contributed by atoms with Gasteiger partial charge in [-0.25, -0.2) is 14.6 Å². The number of alkyl carbamates (subject to hydrolysis) is 1. The number of aromatic nitrogens is 3. The third-order valence-electron chi connectivity index (χ3n) is 8.74. The molecule has 1 aromatic heterocycles. The fourth-order valence-corrected chi connectivity index (χ4v) is 7.79. The van der Waals surface area contributed by atoms with Crippen molar-refractivity contribution in [2.45, 2.75) is 113 Å². The summed E-state index contributed by atoms with van der Waals surface area (Å²) in [6, 6.07) is -1.94. The standard InChI is InChI=1S/C31H50N10O10S/c1-17(43)37-25-19(38-30(32)33)11-21(29(46)47)50-28(25)27(20(44)14-42)51-31(48)35-12-18-13-41(40-39-18)10-6-2-5-9-34-24(45)8-4-3-7-23-26-22(15-52-23)49-16-36-26/h11,13,19-20,22-23,25-28,36,42,44H,2-10,12,14-16H2,1H3,(H,34,45)(H,35,48)(H,37,43)(H,46,47)(H4,32,33,38)/t19-,20+,22?,23-,25+,26-,27+,28+/m0/s1. The van der Waals surface area contributed by atoms with E-state index in [1.54, 1.807) is 10.9 Å². The maximum absolute atomic E-state index is 12.8. The summed E-state index contributed by atoms with van der Waals surface area (Å²) in [7, 11) is 0. The molecule has 4 rings (SSSR count). The number of carbonyl (C=O) groups excluding carboxylic acids is 3. The highest BCUT2D eigenvalue weighted by molar-refractivity contribution is 8.00. The number of hydrogen-bond donors (Lipinski definition) is 9. The molecule has 0 radical (unpaired) electrons.